The summed E-state index contributed by atoms with van der Waals surface area (Å²) < 4.78 is 40.7. The monoisotopic (exact) mass is 314 g/mol. The molecule has 1 rings (SSSR count). The Bertz CT molecular complexity index is 509. The Hall–Kier alpha value is -0.520. The maximum Gasteiger partial charge on any atom is 0.233 e. The van der Waals surface area contributed by atoms with Gasteiger partial charge in [0.05, 0.1) is 17.4 Å². The van der Waals surface area contributed by atoms with Gasteiger partial charge < -0.3 is 4.74 Å². The Labute approximate surface area is 115 Å². The van der Waals surface area contributed by atoms with E-state index in [2.05, 4.69) is 0 Å². The van der Waals surface area contributed by atoms with Gasteiger partial charge in [0.2, 0.25) is 9.05 Å². The van der Waals surface area contributed by atoms with Crippen LogP contribution in [-0.4, -0.2) is 20.8 Å². The molecule has 0 N–H and O–H groups in total. The summed E-state index contributed by atoms with van der Waals surface area (Å²) in [6.45, 7) is 3.29. The van der Waals surface area contributed by atoms with E-state index in [0.717, 1.165) is 0 Å². The fourth-order valence-electron chi connectivity index (χ4n) is 1.40. The molecular weight excluding hydrogens is 302 g/mol. The lowest BCUT2D eigenvalue weighted by atomic mass is 9.98. The van der Waals surface area contributed by atoms with Crippen LogP contribution >= 0.6 is 22.3 Å². The number of ether oxygens (including phenoxy) is 1. The number of halogens is 3. The van der Waals surface area contributed by atoms with Crippen molar-refractivity contribution in [1.29, 1.82) is 0 Å². The molecule has 3 nitrogen and oxygen atoms in total. The van der Waals surface area contributed by atoms with E-state index < -0.39 is 20.3 Å². The first-order valence-corrected chi connectivity index (χ1v) is 7.95. The average Bonchev–Trinajstić information content (AvgIpc) is 2.12. The summed E-state index contributed by atoms with van der Waals surface area (Å²) >= 11 is 5.78. The molecule has 7 heteroatoms. The number of hydrogen-bond donors (Lipinski definition) is 0. The van der Waals surface area contributed by atoms with E-state index in [0.29, 0.717) is 0 Å². The molecule has 1 aromatic carbocycles. The van der Waals surface area contributed by atoms with Crippen LogP contribution in [0.4, 0.5) is 4.39 Å². The lowest BCUT2D eigenvalue weighted by Gasteiger charge is -2.23. The molecule has 0 atom stereocenters. The molecule has 0 spiro atoms. The van der Waals surface area contributed by atoms with E-state index in [4.69, 9.17) is 27.0 Å². The SMILES string of the molecule is CC(C)(COc1c(F)cccc1Cl)CS(=O)(=O)Cl. The number of hydrogen-bond acceptors (Lipinski definition) is 3. The second kappa shape index (κ2) is 5.63. The summed E-state index contributed by atoms with van der Waals surface area (Å²) in [4.78, 5) is 0. The van der Waals surface area contributed by atoms with Gasteiger partial charge in [-0.1, -0.05) is 31.5 Å². The van der Waals surface area contributed by atoms with Gasteiger partial charge in [0.15, 0.2) is 11.6 Å². The van der Waals surface area contributed by atoms with Crippen molar-refractivity contribution >= 4 is 31.3 Å². The summed E-state index contributed by atoms with van der Waals surface area (Å²) in [5, 5.41) is 0.138. The standard InChI is InChI=1S/C11H13Cl2FO3S/c1-11(2,7-18(13,15)16)6-17-10-8(12)4-3-5-9(10)14/h3-5H,6-7H2,1-2H3. The largest absolute Gasteiger partial charge is 0.488 e. The molecule has 0 bridgehead atoms. The van der Waals surface area contributed by atoms with Crippen LogP contribution in [0.3, 0.4) is 0 Å². The van der Waals surface area contributed by atoms with E-state index in [1.165, 1.54) is 18.2 Å². The van der Waals surface area contributed by atoms with E-state index in [1.54, 1.807) is 13.8 Å². The van der Waals surface area contributed by atoms with E-state index in [-0.39, 0.29) is 23.1 Å². The van der Waals surface area contributed by atoms with Gasteiger partial charge >= 0.3 is 0 Å². The van der Waals surface area contributed by atoms with Gasteiger partial charge in [-0.2, -0.15) is 0 Å². The quantitative estimate of drug-likeness (QED) is 0.782. The predicted octanol–water partition coefficient (Wildman–Crippen LogP) is 3.45. The molecule has 0 aliphatic carbocycles. The molecule has 0 radical (unpaired) electrons. The van der Waals surface area contributed by atoms with Gasteiger partial charge in [0.1, 0.15) is 0 Å². The topological polar surface area (TPSA) is 43.4 Å². The molecule has 102 valence electrons. The van der Waals surface area contributed by atoms with Crippen LogP contribution in [0, 0.1) is 11.2 Å². The highest BCUT2D eigenvalue weighted by Crippen LogP contribution is 2.29. The Morgan fingerprint density at radius 2 is 2.00 bits per heavy atom. The molecule has 0 saturated heterocycles. The van der Waals surface area contributed by atoms with Crippen LogP contribution in [0.15, 0.2) is 18.2 Å². The smallest absolute Gasteiger partial charge is 0.233 e. The van der Waals surface area contributed by atoms with Crippen molar-refractivity contribution in [2.75, 3.05) is 12.4 Å². The Kier molecular flexibility index (Phi) is 4.86. The third kappa shape index (κ3) is 5.00. The maximum atomic E-state index is 13.4. The highest BCUT2D eigenvalue weighted by Gasteiger charge is 2.26. The van der Waals surface area contributed by atoms with Gasteiger partial charge in [-0.25, -0.2) is 12.8 Å². The van der Waals surface area contributed by atoms with Gasteiger partial charge in [-0.3, -0.25) is 0 Å². The zero-order valence-corrected chi connectivity index (χ0v) is 12.2. The van der Waals surface area contributed by atoms with Crippen molar-refractivity contribution < 1.29 is 17.5 Å². The number of benzene rings is 1. The van der Waals surface area contributed by atoms with Crippen LogP contribution in [0.2, 0.25) is 5.02 Å². The Morgan fingerprint density at radius 1 is 1.39 bits per heavy atom. The van der Waals surface area contributed by atoms with Crippen LogP contribution in [0.25, 0.3) is 0 Å². The lowest BCUT2D eigenvalue weighted by Crippen LogP contribution is -2.28. The second-order valence-electron chi connectivity index (χ2n) is 4.69. The molecule has 0 unspecified atom stereocenters. The molecule has 0 fully saturated rings. The second-order valence-corrected chi connectivity index (χ2v) is 7.87. The minimum absolute atomic E-state index is 0.0143. The summed E-state index contributed by atoms with van der Waals surface area (Å²) in [6, 6.07) is 4.16. The van der Waals surface area contributed by atoms with Crippen molar-refractivity contribution in [2.45, 2.75) is 13.8 Å². The predicted molar refractivity (Wildman–Crippen MR) is 70.3 cm³/mol. The molecule has 18 heavy (non-hydrogen) atoms. The molecule has 0 aliphatic heterocycles. The van der Waals surface area contributed by atoms with Gasteiger partial charge in [0, 0.05) is 16.1 Å². The van der Waals surface area contributed by atoms with Crippen LogP contribution < -0.4 is 4.74 Å². The third-order valence-corrected chi connectivity index (χ3v) is 3.84. The summed E-state index contributed by atoms with van der Waals surface area (Å²) in [6.07, 6.45) is 0. The first-order chi connectivity index (χ1) is 8.11. The first-order valence-electron chi connectivity index (χ1n) is 5.10. The minimum Gasteiger partial charge on any atom is -0.488 e. The van der Waals surface area contributed by atoms with Crippen molar-refractivity contribution in [1.82, 2.24) is 0 Å². The van der Waals surface area contributed by atoms with Crippen LogP contribution in [0.5, 0.6) is 5.75 Å². The van der Waals surface area contributed by atoms with E-state index in [1.807, 2.05) is 0 Å². The van der Waals surface area contributed by atoms with Crippen LogP contribution in [0.1, 0.15) is 13.8 Å². The highest BCUT2D eigenvalue weighted by molar-refractivity contribution is 8.13. The van der Waals surface area contributed by atoms with Gasteiger partial charge in [-0.05, 0) is 12.1 Å². The molecule has 0 aliphatic rings. The Balaban J connectivity index is 2.76. The van der Waals surface area contributed by atoms with Crippen molar-refractivity contribution in [2.24, 2.45) is 5.41 Å². The van der Waals surface area contributed by atoms with Gasteiger partial charge in [0.25, 0.3) is 0 Å². The molecule has 0 heterocycles. The Morgan fingerprint density at radius 3 is 2.50 bits per heavy atom. The molecular formula is C11H13Cl2FO3S. The molecule has 0 saturated carbocycles. The third-order valence-electron chi connectivity index (χ3n) is 2.09. The summed E-state index contributed by atoms with van der Waals surface area (Å²) in [7, 11) is 1.54. The van der Waals surface area contributed by atoms with Crippen molar-refractivity contribution in [3.8, 4) is 5.75 Å². The lowest BCUT2D eigenvalue weighted by molar-refractivity contribution is 0.193. The minimum atomic E-state index is -3.64. The molecule has 0 aromatic heterocycles. The molecule has 0 amide bonds. The average molecular weight is 315 g/mol. The number of rotatable bonds is 5. The zero-order valence-electron chi connectivity index (χ0n) is 9.91. The maximum absolute atomic E-state index is 13.4. The fraction of sp³-hybridized carbons (Fsp3) is 0.455. The first kappa shape index (κ1) is 15.5. The normalized spacial score (nSPS) is 12.5. The van der Waals surface area contributed by atoms with Gasteiger partial charge in [-0.15, -0.1) is 0 Å². The summed E-state index contributed by atoms with van der Waals surface area (Å²) in [5.41, 5.74) is -0.744. The van der Waals surface area contributed by atoms with E-state index >= 15 is 0 Å². The summed E-state index contributed by atoms with van der Waals surface area (Å²) in [5.74, 6) is -0.945. The number of para-hydroxylation sites is 1. The van der Waals surface area contributed by atoms with E-state index in [9.17, 15) is 12.8 Å². The zero-order chi connectivity index (χ0) is 14.0. The van der Waals surface area contributed by atoms with Crippen LogP contribution in [-0.2, 0) is 9.05 Å². The van der Waals surface area contributed by atoms with Crippen molar-refractivity contribution in [3.05, 3.63) is 29.0 Å². The highest BCUT2D eigenvalue weighted by atomic mass is 35.7. The molecule has 1 aromatic rings. The fourth-order valence-corrected chi connectivity index (χ4v) is 3.52. The van der Waals surface area contributed by atoms with Crippen molar-refractivity contribution in [3.63, 3.8) is 0 Å².